The molecule has 0 aliphatic carbocycles. The molecule has 2 rings (SSSR count). The van der Waals surface area contributed by atoms with Crippen molar-refractivity contribution in [1.82, 2.24) is 8.61 Å². The molecule has 1 fully saturated rings. The standard InChI is InChI=1S/C12H16N2O4S/c1-13(7-10-5-3-2-4-6-10)19(17,18)14-8-11(9-14)12(15)16/h2-6,11H,7-9H2,1H3,(H,15,16). The Bertz CT molecular complexity index is 552. The van der Waals surface area contributed by atoms with Crippen LogP contribution in [-0.4, -0.2) is 48.2 Å². The Morgan fingerprint density at radius 2 is 1.95 bits per heavy atom. The van der Waals surface area contributed by atoms with Crippen LogP contribution in [0.1, 0.15) is 5.56 Å². The summed E-state index contributed by atoms with van der Waals surface area (Å²) in [4.78, 5) is 10.7. The Morgan fingerprint density at radius 3 is 2.47 bits per heavy atom. The van der Waals surface area contributed by atoms with E-state index in [-0.39, 0.29) is 19.6 Å². The van der Waals surface area contributed by atoms with Gasteiger partial charge in [-0.15, -0.1) is 0 Å². The molecule has 1 aliphatic heterocycles. The van der Waals surface area contributed by atoms with E-state index in [4.69, 9.17) is 5.11 Å². The first-order valence-corrected chi connectivity index (χ1v) is 7.29. The molecule has 0 unspecified atom stereocenters. The fourth-order valence-electron chi connectivity index (χ4n) is 1.90. The Labute approximate surface area is 112 Å². The number of aliphatic carboxylic acids is 1. The number of hydrogen-bond acceptors (Lipinski definition) is 3. The van der Waals surface area contributed by atoms with E-state index in [2.05, 4.69) is 0 Å². The number of hydrogen-bond donors (Lipinski definition) is 1. The molecule has 0 spiro atoms. The number of carbonyl (C=O) groups is 1. The van der Waals surface area contributed by atoms with Crippen LogP contribution in [0.25, 0.3) is 0 Å². The normalized spacial score (nSPS) is 17.4. The lowest BCUT2D eigenvalue weighted by molar-refractivity contribution is -0.145. The lowest BCUT2D eigenvalue weighted by Crippen LogP contribution is -2.56. The number of benzene rings is 1. The molecule has 1 aromatic rings. The highest BCUT2D eigenvalue weighted by Gasteiger charge is 2.41. The second kappa shape index (κ2) is 5.28. The number of carboxylic acid groups (broad SMARTS) is 1. The van der Waals surface area contributed by atoms with Gasteiger partial charge in [0, 0.05) is 26.7 Å². The number of carboxylic acids is 1. The second-order valence-corrected chi connectivity index (χ2v) is 6.64. The summed E-state index contributed by atoms with van der Waals surface area (Å²) in [5.41, 5.74) is 0.892. The molecule has 0 amide bonds. The largest absolute Gasteiger partial charge is 0.481 e. The second-order valence-electron chi connectivity index (χ2n) is 4.60. The van der Waals surface area contributed by atoms with E-state index in [9.17, 15) is 13.2 Å². The van der Waals surface area contributed by atoms with Crippen molar-refractivity contribution in [3.8, 4) is 0 Å². The van der Waals surface area contributed by atoms with Gasteiger partial charge in [0.25, 0.3) is 10.2 Å². The van der Waals surface area contributed by atoms with Crippen LogP contribution in [-0.2, 0) is 21.5 Å². The lowest BCUT2D eigenvalue weighted by Gasteiger charge is -2.37. The first kappa shape index (κ1) is 14.0. The van der Waals surface area contributed by atoms with Gasteiger partial charge in [0.2, 0.25) is 0 Å². The summed E-state index contributed by atoms with van der Waals surface area (Å²) >= 11 is 0. The molecule has 1 heterocycles. The van der Waals surface area contributed by atoms with Crippen LogP contribution in [0.15, 0.2) is 30.3 Å². The molecule has 1 aromatic carbocycles. The van der Waals surface area contributed by atoms with Gasteiger partial charge in [0.05, 0.1) is 5.92 Å². The highest BCUT2D eigenvalue weighted by molar-refractivity contribution is 7.86. The van der Waals surface area contributed by atoms with Crippen molar-refractivity contribution in [1.29, 1.82) is 0 Å². The van der Waals surface area contributed by atoms with Crippen molar-refractivity contribution in [2.75, 3.05) is 20.1 Å². The van der Waals surface area contributed by atoms with Crippen LogP contribution in [0.4, 0.5) is 0 Å². The van der Waals surface area contributed by atoms with Gasteiger partial charge in [-0.05, 0) is 5.56 Å². The van der Waals surface area contributed by atoms with Crippen molar-refractivity contribution < 1.29 is 18.3 Å². The summed E-state index contributed by atoms with van der Waals surface area (Å²) in [7, 11) is -2.07. The van der Waals surface area contributed by atoms with E-state index < -0.39 is 22.1 Å². The topological polar surface area (TPSA) is 77.9 Å². The maximum absolute atomic E-state index is 12.1. The molecule has 0 radical (unpaired) electrons. The quantitative estimate of drug-likeness (QED) is 0.848. The van der Waals surface area contributed by atoms with Gasteiger partial charge in [0.15, 0.2) is 0 Å². The van der Waals surface area contributed by atoms with Crippen LogP contribution in [0.5, 0.6) is 0 Å². The molecule has 7 heteroatoms. The average Bonchev–Trinajstić information content (AvgIpc) is 2.27. The molecular weight excluding hydrogens is 268 g/mol. The highest BCUT2D eigenvalue weighted by atomic mass is 32.2. The molecule has 1 aliphatic rings. The van der Waals surface area contributed by atoms with Gasteiger partial charge in [-0.2, -0.15) is 17.0 Å². The molecule has 104 valence electrons. The van der Waals surface area contributed by atoms with Gasteiger partial charge in [-0.3, -0.25) is 4.79 Å². The van der Waals surface area contributed by atoms with Crippen molar-refractivity contribution in [2.45, 2.75) is 6.54 Å². The minimum absolute atomic E-state index is 0.0524. The molecule has 0 atom stereocenters. The van der Waals surface area contributed by atoms with E-state index in [1.54, 1.807) is 0 Å². The minimum Gasteiger partial charge on any atom is -0.481 e. The molecular formula is C12H16N2O4S. The van der Waals surface area contributed by atoms with E-state index in [1.807, 2.05) is 30.3 Å². The zero-order valence-corrected chi connectivity index (χ0v) is 11.4. The zero-order chi connectivity index (χ0) is 14.0. The van der Waals surface area contributed by atoms with Crippen molar-refractivity contribution in [3.05, 3.63) is 35.9 Å². The molecule has 6 nitrogen and oxygen atoms in total. The monoisotopic (exact) mass is 284 g/mol. The van der Waals surface area contributed by atoms with Crippen LogP contribution in [0.2, 0.25) is 0 Å². The Kier molecular flexibility index (Phi) is 3.88. The Hall–Kier alpha value is -1.44. The Morgan fingerprint density at radius 1 is 1.37 bits per heavy atom. The van der Waals surface area contributed by atoms with E-state index >= 15 is 0 Å². The van der Waals surface area contributed by atoms with Gasteiger partial charge < -0.3 is 5.11 Å². The summed E-state index contributed by atoms with van der Waals surface area (Å²) in [5, 5.41) is 8.76. The van der Waals surface area contributed by atoms with Gasteiger partial charge in [-0.25, -0.2) is 0 Å². The van der Waals surface area contributed by atoms with Gasteiger partial charge in [0.1, 0.15) is 0 Å². The third-order valence-electron chi connectivity index (χ3n) is 3.17. The fourth-order valence-corrected chi connectivity index (χ4v) is 3.35. The molecule has 1 N–H and O–H groups in total. The van der Waals surface area contributed by atoms with E-state index in [0.29, 0.717) is 0 Å². The van der Waals surface area contributed by atoms with Gasteiger partial charge in [-0.1, -0.05) is 30.3 Å². The van der Waals surface area contributed by atoms with E-state index in [1.165, 1.54) is 15.7 Å². The third kappa shape index (κ3) is 2.94. The predicted molar refractivity (Wildman–Crippen MR) is 69.5 cm³/mol. The SMILES string of the molecule is CN(Cc1ccccc1)S(=O)(=O)N1CC(C(=O)O)C1. The third-order valence-corrected chi connectivity index (χ3v) is 5.03. The predicted octanol–water partition coefficient (Wildman–Crippen LogP) is 0.380. The van der Waals surface area contributed by atoms with Crippen LogP contribution in [0, 0.1) is 5.92 Å². The number of rotatable bonds is 5. The first-order valence-electron chi connectivity index (χ1n) is 5.89. The molecule has 19 heavy (non-hydrogen) atoms. The first-order chi connectivity index (χ1) is 8.91. The van der Waals surface area contributed by atoms with Crippen molar-refractivity contribution in [3.63, 3.8) is 0 Å². The molecule has 0 aromatic heterocycles. The molecule has 0 saturated carbocycles. The minimum atomic E-state index is -3.56. The van der Waals surface area contributed by atoms with Crippen molar-refractivity contribution in [2.24, 2.45) is 5.92 Å². The molecule has 0 bridgehead atoms. The molecule has 1 saturated heterocycles. The Balaban J connectivity index is 1.99. The average molecular weight is 284 g/mol. The van der Waals surface area contributed by atoms with Crippen LogP contribution < -0.4 is 0 Å². The lowest BCUT2D eigenvalue weighted by atomic mass is 10.0. The smallest absolute Gasteiger partial charge is 0.309 e. The maximum atomic E-state index is 12.1. The highest BCUT2D eigenvalue weighted by Crippen LogP contribution is 2.22. The fraction of sp³-hybridized carbons (Fsp3) is 0.417. The van der Waals surface area contributed by atoms with Gasteiger partial charge >= 0.3 is 5.97 Å². The van der Waals surface area contributed by atoms with Crippen LogP contribution >= 0.6 is 0 Å². The number of nitrogens with zero attached hydrogens (tertiary/aromatic N) is 2. The van der Waals surface area contributed by atoms with Crippen LogP contribution in [0.3, 0.4) is 0 Å². The summed E-state index contributed by atoms with van der Waals surface area (Å²) in [5.74, 6) is -1.53. The van der Waals surface area contributed by atoms with E-state index in [0.717, 1.165) is 5.56 Å². The summed E-state index contributed by atoms with van der Waals surface area (Å²) < 4.78 is 26.7. The zero-order valence-electron chi connectivity index (χ0n) is 10.6. The maximum Gasteiger partial charge on any atom is 0.309 e. The van der Waals surface area contributed by atoms with Crippen molar-refractivity contribution >= 4 is 16.2 Å². The summed E-state index contributed by atoms with van der Waals surface area (Å²) in [6, 6.07) is 9.26. The summed E-state index contributed by atoms with van der Waals surface area (Å²) in [6.45, 7) is 0.380. The summed E-state index contributed by atoms with van der Waals surface area (Å²) in [6.07, 6.45) is 0.